The van der Waals surface area contributed by atoms with Crippen molar-refractivity contribution in [1.29, 1.82) is 0 Å². The molecular weight excluding hydrogens is 441 g/mol. The monoisotopic (exact) mass is 479 g/mol. The lowest BCUT2D eigenvalue weighted by atomic mass is 9.85. The predicted molar refractivity (Wildman–Crippen MR) is 119 cm³/mol. The molecule has 0 aromatic heterocycles. The highest BCUT2D eigenvalue weighted by Gasteiger charge is 2.42. The fraction of sp³-hybridized carbons (Fsp3) is 0.895. The number of hydrogen-bond donors (Lipinski definition) is 2. The Morgan fingerprint density at radius 3 is 2.31 bits per heavy atom. The normalized spacial score (nSPS) is 20.3. The van der Waals surface area contributed by atoms with Gasteiger partial charge in [0.25, 0.3) is 0 Å². The van der Waals surface area contributed by atoms with Gasteiger partial charge in [-0.25, -0.2) is 0 Å². The second-order valence-electron chi connectivity index (χ2n) is 7.71. The van der Waals surface area contributed by atoms with Crippen LogP contribution in [0.25, 0.3) is 0 Å². The molecular formula is C19H38IN5O. The molecule has 1 saturated heterocycles. The number of nitrogens with zero attached hydrogens (tertiary/aromatic N) is 3. The summed E-state index contributed by atoms with van der Waals surface area (Å²) < 4.78 is 0. The summed E-state index contributed by atoms with van der Waals surface area (Å²) in [6.07, 6.45) is 8.20. The first kappa shape index (κ1) is 23.5. The van der Waals surface area contributed by atoms with Crippen LogP contribution in [0.4, 0.5) is 0 Å². The first-order valence-electron chi connectivity index (χ1n) is 10.0. The zero-order chi connectivity index (χ0) is 18.1. The van der Waals surface area contributed by atoms with E-state index >= 15 is 0 Å². The molecule has 2 aliphatic rings. The summed E-state index contributed by atoms with van der Waals surface area (Å²) in [5.41, 5.74) is -0.293. The van der Waals surface area contributed by atoms with Gasteiger partial charge in [0.05, 0.1) is 12.0 Å². The summed E-state index contributed by atoms with van der Waals surface area (Å²) in [6.45, 7) is 7.91. The van der Waals surface area contributed by atoms with E-state index in [1.165, 1.54) is 32.4 Å². The Hall–Kier alpha value is -0.570. The Bertz CT molecular complexity index is 443. The molecule has 7 heteroatoms. The first-order valence-corrected chi connectivity index (χ1v) is 10.0. The smallest absolute Gasteiger partial charge is 0.230 e. The van der Waals surface area contributed by atoms with Crippen molar-refractivity contribution in [3.05, 3.63) is 0 Å². The maximum Gasteiger partial charge on any atom is 0.230 e. The molecule has 2 rings (SSSR count). The number of amides is 1. The summed E-state index contributed by atoms with van der Waals surface area (Å²) in [5.74, 6) is 1.08. The molecule has 2 N–H and O–H groups in total. The van der Waals surface area contributed by atoms with Crippen molar-refractivity contribution in [3.63, 3.8) is 0 Å². The lowest BCUT2D eigenvalue weighted by Crippen LogP contribution is -2.44. The second-order valence-corrected chi connectivity index (χ2v) is 7.71. The minimum Gasteiger partial charge on any atom is -0.357 e. The second kappa shape index (κ2) is 12.0. The molecule has 0 atom stereocenters. The van der Waals surface area contributed by atoms with Crippen LogP contribution in [0.3, 0.4) is 0 Å². The lowest BCUT2D eigenvalue weighted by molar-refractivity contribution is -0.138. The topological polar surface area (TPSA) is 60.0 Å². The van der Waals surface area contributed by atoms with Crippen LogP contribution in [-0.2, 0) is 4.79 Å². The number of carbonyl (C=O) groups excluding carboxylic acids is 1. The molecule has 0 aromatic carbocycles. The molecule has 0 bridgehead atoms. The van der Waals surface area contributed by atoms with Crippen LogP contribution in [-0.4, -0.2) is 75.0 Å². The van der Waals surface area contributed by atoms with E-state index in [1.807, 2.05) is 14.1 Å². The summed E-state index contributed by atoms with van der Waals surface area (Å²) >= 11 is 0. The number of guanidine groups is 1. The fourth-order valence-corrected chi connectivity index (χ4v) is 4.05. The number of carbonyl (C=O) groups is 1. The van der Waals surface area contributed by atoms with Gasteiger partial charge in [-0.15, -0.1) is 24.0 Å². The van der Waals surface area contributed by atoms with Crippen molar-refractivity contribution < 1.29 is 4.79 Å². The van der Waals surface area contributed by atoms with Gasteiger partial charge in [0.15, 0.2) is 5.96 Å². The molecule has 1 saturated carbocycles. The molecule has 1 amide bonds. The largest absolute Gasteiger partial charge is 0.357 e. The highest BCUT2D eigenvalue weighted by Crippen LogP contribution is 2.39. The Labute approximate surface area is 176 Å². The van der Waals surface area contributed by atoms with E-state index in [-0.39, 0.29) is 35.3 Å². The van der Waals surface area contributed by atoms with E-state index in [1.54, 1.807) is 4.90 Å². The van der Waals surface area contributed by atoms with Crippen LogP contribution in [0.2, 0.25) is 0 Å². The fourth-order valence-electron chi connectivity index (χ4n) is 4.05. The number of nitrogens with one attached hydrogen (secondary N) is 2. The molecule has 152 valence electrons. The molecule has 1 aliphatic heterocycles. The minimum atomic E-state index is -0.293. The quantitative estimate of drug-likeness (QED) is 0.334. The molecule has 0 spiro atoms. The van der Waals surface area contributed by atoms with Crippen molar-refractivity contribution in [2.24, 2.45) is 10.4 Å². The molecule has 26 heavy (non-hydrogen) atoms. The summed E-state index contributed by atoms with van der Waals surface area (Å²) in [5, 5.41) is 6.77. The average molecular weight is 479 g/mol. The van der Waals surface area contributed by atoms with Crippen molar-refractivity contribution in [3.8, 4) is 0 Å². The van der Waals surface area contributed by atoms with Crippen LogP contribution in [0, 0.1) is 5.41 Å². The first-order chi connectivity index (χ1) is 12.1. The summed E-state index contributed by atoms with van der Waals surface area (Å²) in [4.78, 5) is 21.7. The maximum absolute atomic E-state index is 12.7. The van der Waals surface area contributed by atoms with Gasteiger partial charge >= 0.3 is 0 Å². The van der Waals surface area contributed by atoms with E-state index in [9.17, 15) is 4.79 Å². The molecule has 1 aliphatic carbocycles. The zero-order valence-electron chi connectivity index (χ0n) is 16.9. The maximum atomic E-state index is 12.7. The SMILES string of the molecule is CCNC(=NCC1(C(=O)N(C)C)CCCC1)NCCN1CCCCC1.I. The Morgan fingerprint density at radius 2 is 1.73 bits per heavy atom. The van der Waals surface area contributed by atoms with Gasteiger partial charge in [-0.3, -0.25) is 9.79 Å². The molecule has 0 radical (unpaired) electrons. The van der Waals surface area contributed by atoms with E-state index in [2.05, 4.69) is 22.5 Å². The van der Waals surface area contributed by atoms with Crippen LogP contribution in [0.15, 0.2) is 4.99 Å². The summed E-state index contributed by atoms with van der Waals surface area (Å²) in [6, 6.07) is 0. The van der Waals surface area contributed by atoms with Gasteiger partial charge < -0.3 is 20.4 Å². The van der Waals surface area contributed by atoms with E-state index in [0.717, 1.165) is 51.3 Å². The van der Waals surface area contributed by atoms with Crippen molar-refractivity contribution in [1.82, 2.24) is 20.4 Å². The van der Waals surface area contributed by atoms with Gasteiger partial charge in [-0.2, -0.15) is 0 Å². The third-order valence-corrected chi connectivity index (χ3v) is 5.47. The highest BCUT2D eigenvalue weighted by molar-refractivity contribution is 14.0. The molecule has 2 fully saturated rings. The third-order valence-electron chi connectivity index (χ3n) is 5.47. The number of rotatable bonds is 7. The van der Waals surface area contributed by atoms with Gasteiger partial charge in [0, 0.05) is 33.7 Å². The average Bonchev–Trinajstić information content (AvgIpc) is 3.10. The van der Waals surface area contributed by atoms with Gasteiger partial charge in [-0.05, 0) is 45.7 Å². The number of likely N-dealkylation sites (tertiary alicyclic amines) is 1. The Balaban J connectivity index is 0.00000338. The van der Waals surface area contributed by atoms with Crippen molar-refractivity contribution >= 4 is 35.8 Å². The zero-order valence-corrected chi connectivity index (χ0v) is 19.2. The number of halogens is 1. The lowest BCUT2D eigenvalue weighted by Gasteiger charge is -2.29. The Morgan fingerprint density at radius 1 is 1.08 bits per heavy atom. The third kappa shape index (κ3) is 6.87. The number of hydrogen-bond acceptors (Lipinski definition) is 3. The van der Waals surface area contributed by atoms with E-state index < -0.39 is 0 Å². The number of aliphatic imine (C=N–C) groups is 1. The Kier molecular flexibility index (Phi) is 10.8. The van der Waals surface area contributed by atoms with Crippen LogP contribution >= 0.6 is 24.0 Å². The molecule has 0 unspecified atom stereocenters. The van der Waals surface area contributed by atoms with E-state index in [4.69, 9.17) is 4.99 Å². The van der Waals surface area contributed by atoms with Gasteiger partial charge in [-0.1, -0.05) is 19.3 Å². The summed E-state index contributed by atoms with van der Waals surface area (Å²) in [7, 11) is 3.71. The van der Waals surface area contributed by atoms with Crippen molar-refractivity contribution in [2.75, 3.05) is 53.4 Å². The van der Waals surface area contributed by atoms with Crippen LogP contribution in [0.5, 0.6) is 0 Å². The predicted octanol–water partition coefficient (Wildman–Crippen LogP) is 2.29. The molecule has 0 aromatic rings. The standard InChI is InChI=1S/C19H37N5O.HI/c1-4-20-18(21-12-15-24-13-8-5-9-14-24)22-16-19(10-6-7-11-19)17(25)23(2)3;/h4-16H2,1-3H3,(H2,20,21,22);1H. The number of piperidine rings is 1. The van der Waals surface area contributed by atoms with E-state index in [0.29, 0.717) is 6.54 Å². The van der Waals surface area contributed by atoms with Gasteiger partial charge in [0.1, 0.15) is 0 Å². The molecule has 1 heterocycles. The van der Waals surface area contributed by atoms with Crippen LogP contribution in [0.1, 0.15) is 51.9 Å². The molecule has 6 nitrogen and oxygen atoms in total. The van der Waals surface area contributed by atoms with Crippen LogP contribution < -0.4 is 10.6 Å². The highest BCUT2D eigenvalue weighted by atomic mass is 127. The minimum absolute atomic E-state index is 0. The van der Waals surface area contributed by atoms with Gasteiger partial charge in [0.2, 0.25) is 5.91 Å². The van der Waals surface area contributed by atoms with Crippen molar-refractivity contribution in [2.45, 2.75) is 51.9 Å².